The minimum absolute atomic E-state index is 0.00777. The second kappa shape index (κ2) is 4.39. The first-order valence-corrected chi connectivity index (χ1v) is 5.35. The summed E-state index contributed by atoms with van der Waals surface area (Å²) < 4.78 is 13.1. The Morgan fingerprint density at radius 3 is 2.81 bits per heavy atom. The lowest BCUT2D eigenvalue weighted by Gasteiger charge is -2.38. The first-order valence-electron chi connectivity index (χ1n) is 4.97. The molecule has 0 bridgehead atoms. The molecule has 3 nitrogen and oxygen atoms in total. The van der Waals surface area contributed by atoms with Crippen LogP contribution in [0, 0.1) is 11.7 Å². The minimum atomic E-state index is -0.591. The molecule has 1 heterocycles. The smallest absolute Gasteiger partial charge is 0.253 e. The number of carbonyl (C=O) groups excluding carboxylic acids is 1. The Bertz CT molecular complexity index is 418. The molecule has 1 aliphatic heterocycles. The molecule has 2 rings (SSSR count). The second-order valence-corrected chi connectivity index (χ2v) is 4.29. The number of nitrogens with zero attached hydrogens (tertiary/aromatic N) is 1. The predicted octanol–water partition coefficient (Wildman–Crippen LogP) is 1.54. The zero-order valence-electron chi connectivity index (χ0n) is 8.49. The molecule has 86 valence electrons. The fraction of sp³-hybridized carbons (Fsp3) is 0.364. The van der Waals surface area contributed by atoms with Crippen molar-refractivity contribution in [3.05, 3.63) is 34.6 Å². The number of hydrogen-bond acceptors (Lipinski definition) is 2. The average molecular weight is 244 g/mol. The largest absolute Gasteiger partial charge is 0.396 e. The van der Waals surface area contributed by atoms with Crippen LogP contribution in [0.4, 0.5) is 4.39 Å². The van der Waals surface area contributed by atoms with Gasteiger partial charge in [0.05, 0.1) is 5.02 Å². The Hall–Kier alpha value is -1.13. The van der Waals surface area contributed by atoms with Crippen molar-refractivity contribution in [2.24, 2.45) is 5.92 Å². The van der Waals surface area contributed by atoms with Crippen LogP contribution < -0.4 is 0 Å². The van der Waals surface area contributed by atoms with E-state index < -0.39 is 5.82 Å². The fourth-order valence-corrected chi connectivity index (χ4v) is 1.78. The molecule has 1 aromatic rings. The lowest BCUT2D eigenvalue weighted by Crippen LogP contribution is -2.51. The Morgan fingerprint density at radius 1 is 1.56 bits per heavy atom. The number of hydrogen-bond donors (Lipinski definition) is 1. The van der Waals surface area contributed by atoms with Gasteiger partial charge in [0.15, 0.2) is 0 Å². The molecular weight excluding hydrogens is 233 g/mol. The third-order valence-corrected chi connectivity index (χ3v) is 2.98. The van der Waals surface area contributed by atoms with Crippen molar-refractivity contribution in [1.82, 2.24) is 4.90 Å². The Morgan fingerprint density at radius 2 is 2.25 bits per heavy atom. The van der Waals surface area contributed by atoms with Crippen LogP contribution in [0.1, 0.15) is 10.4 Å². The third kappa shape index (κ3) is 2.03. The van der Waals surface area contributed by atoms with Crippen LogP contribution in [0.2, 0.25) is 5.02 Å². The Labute approximate surface area is 97.4 Å². The highest BCUT2D eigenvalue weighted by atomic mass is 35.5. The summed E-state index contributed by atoms with van der Waals surface area (Å²) in [4.78, 5) is 13.4. The van der Waals surface area contributed by atoms with Gasteiger partial charge in [-0.15, -0.1) is 0 Å². The maximum atomic E-state index is 13.1. The number of amides is 1. The maximum absolute atomic E-state index is 13.1. The van der Waals surface area contributed by atoms with Crippen molar-refractivity contribution in [1.29, 1.82) is 0 Å². The number of aliphatic hydroxyl groups excluding tert-OH is 1. The first-order chi connectivity index (χ1) is 7.61. The number of benzene rings is 1. The van der Waals surface area contributed by atoms with Crippen molar-refractivity contribution in [3.63, 3.8) is 0 Å². The quantitative estimate of drug-likeness (QED) is 0.856. The van der Waals surface area contributed by atoms with E-state index in [0.29, 0.717) is 18.7 Å². The van der Waals surface area contributed by atoms with Gasteiger partial charge in [-0.3, -0.25) is 4.79 Å². The van der Waals surface area contributed by atoms with Crippen molar-refractivity contribution in [2.45, 2.75) is 0 Å². The minimum Gasteiger partial charge on any atom is -0.396 e. The summed E-state index contributed by atoms with van der Waals surface area (Å²) in [5.74, 6) is -0.659. The molecule has 1 aliphatic rings. The molecule has 1 fully saturated rings. The van der Waals surface area contributed by atoms with Crippen molar-refractivity contribution >= 4 is 17.5 Å². The van der Waals surface area contributed by atoms with Crippen LogP contribution in [0.25, 0.3) is 0 Å². The van der Waals surface area contributed by atoms with Gasteiger partial charge in [0.1, 0.15) is 5.82 Å². The Balaban J connectivity index is 2.07. The van der Waals surface area contributed by atoms with E-state index in [4.69, 9.17) is 16.7 Å². The molecule has 1 saturated heterocycles. The molecule has 1 N–H and O–H groups in total. The summed E-state index contributed by atoms with van der Waals surface area (Å²) in [6.07, 6.45) is 0. The first kappa shape index (κ1) is 11.4. The summed E-state index contributed by atoms with van der Waals surface area (Å²) in [5.41, 5.74) is 0.290. The molecule has 0 aromatic heterocycles. The summed E-state index contributed by atoms with van der Waals surface area (Å²) in [6.45, 7) is 1.14. The van der Waals surface area contributed by atoms with E-state index in [9.17, 15) is 9.18 Å². The van der Waals surface area contributed by atoms with Crippen LogP contribution in [0.15, 0.2) is 18.2 Å². The second-order valence-electron chi connectivity index (χ2n) is 3.89. The number of carbonyl (C=O) groups is 1. The summed E-state index contributed by atoms with van der Waals surface area (Å²) in [7, 11) is 0. The van der Waals surface area contributed by atoms with Crippen LogP contribution in [-0.2, 0) is 0 Å². The molecule has 0 aliphatic carbocycles. The zero-order valence-corrected chi connectivity index (χ0v) is 9.25. The molecule has 0 unspecified atom stereocenters. The lowest BCUT2D eigenvalue weighted by atomic mass is 10.00. The molecular formula is C11H11ClFNO2. The number of rotatable bonds is 2. The molecule has 0 saturated carbocycles. The molecule has 0 radical (unpaired) electrons. The summed E-state index contributed by atoms with van der Waals surface area (Å²) in [6, 6.07) is 4.00. The average Bonchev–Trinajstić information content (AvgIpc) is 2.20. The van der Waals surface area contributed by atoms with Crippen molar-refractivity contribution in [2.75, 3.05) is 19.7 Å². The highest BCUT2D eigenvalue weighted by molar-refractivity contribution is 6.30. The van der Waals surface area contributed by atoms with Crippen LogP contribution >= 0.6 is 11.6 Å². The molecule has 16 heavy (non-hydrogen) atoms. The zero-order chi connectivity index (χ0) is 11.7. The molecule has 0 spiro atoms. The predicted molar refractivity (Wildman–Crippen MR) is 57.9 cm³/mol. The van der Waals surface area contributed by atoms with Gasteiger partial charge in [-0.2, -0.15) is 0 Å². The van der Waals surface area contributed by atoms with E-state index in [1.165, 1.54) is 12.1 Å². The van der Waals surface area contributed by atoms with Gasteiger partial charge in [0, 0.05) is 31.2 Å². The van der Waals surface area contributed by atoms with Gasteiger partial charge >= 0.3 is 0 Å². The van der Waals surface area contributed by atoms with Gasteiger partial charge in [-0.05, 0) is 18.2 Å². The van der Waals surface area contributed by atoms with Crippen LogP contribution in [-0.4, -0.2) is 35.6 Å². The summed E-state index contributed by atoms with van der Waals surface area (Å²) in [5, 5.41) is 8.83. The normalized spacial score (nSPS) is 16.1. The molecule has 5 heteroatoms. The van der Waals surface area contributed by atoms with E-state index in [0.717, 1.165) is 6.07 Å². The van der Waals surface area contributed by atoms with Gasteiger partial charge < -0.3 is 10.0 Å². The fourth-order valence-electron chi connectivity index (χ4n) is 1.66. The third-order valence-electron chi connectivity index (χ3n) is 2.67. The van der Waals surface area contributed by atoms with E-state index in [-0.39, 0.29) is 23.5 Å². The topological polar surface area (TPSA) is 40.5 Å². The highest BCUT2D eigenvalue weighted by Gasteiger charge is 2.30. The van der Waals surface area contributed by atoms with Gasteiger partial charge in [-0.1, -0.05) is 11.6 Å². The van der Waals surface area contributed by atoms with Crippen molar-refractivity contribution < 1.29 is 14.3 Å². The number of likely N-dealkylation sites (tertiary alicyclic amines) is 1. The Kier molecular flexibility index (Phi) is 3.12. The van der Waals surface area contributed by atoms with E-state index in [1.807, 2.05) is 0 Å². The van der Waals surface area contributed by atoms with Gasteiger partial charge in [0.2, 0.25) is 0 Å². The summed E-state index contributed by atoms with van der Waals surface area (Å²) >= 11 is 5.53. The molecule has 1 aromatic carbocycles. The molecule has 0 atom stereocenters. The van der Waals surface area contributed by atoms with E-state index >= 15 is 0 Å². The monoisotopic (exact) mass is 243 g/mol. The number of aliphatic hydroxyl groups is 1. The van der Waals surface area contributed by atoms with E-state index in [2.05, 4.69) is 0 Å². The van der Waals surface area contributed by atoms with Gasteiger partial charge in [-0.25, -0.2) is 4.39 Å². The van der Waals surface area contributed by atoms with Crippen LogP contribution in [0.5, 0.6) is 0 Å². The molecule has 1 amide bonds. The SMILES string of the molecule is O=C(c1ccc(Cl)c(F)c1)N1CC(CO)C1. The maximum Gasteiger partial charge on any atom is 0.253 e. The number of halogens is 2. The van der Waals surface area contributed by atoms with Crippen molar-refractivity contribution in [3.8, 4) is 0 Å². The van der Waals surface area contributed by atoms with Crippen LogP contribution in [0.3, 0.4) is 0 Å². The highest BCUT2D eigenvalue weighted by Crippen LogP contribution is 2.21. The van der Waals surface area contributed by atoms with E-state index in [1.54, 1.807) is 4.90 Å². The van der Waals surface area contributed by atoms with Gasteiger partial charge in [0.25, 0.3) is 5.91 Å². The standard InChI is InChI=1S/C11H11ClFNO2/c12-9-2-1-8(3-10(9)13)11(16)14-4-7(5-14)6-15/h1-3,7,15H,4-6H2. The lowest BCUT2D eigenvalue weighted by molar-refractivity contribution is 0.0361.